The molecule has 0 aromatic rings. The van der Waals surface area contributed by atoms with Crippen LogP contribution in [0.3, 0.4) is 0 Å². The molecule has 0 aliphatic heterocycles. The first-order valence-electron chi connectivity index (χ1n) is 2.58. The molecular formula is C4H8BNO3. The molecule has 0 fully saturated rings. The maximum Gasteiger partial charge on any atom is 0.319 e. The van der Waals surface area contributed by atoms with E-state index in [9.17, 15) is 9.59 Å². The molecule has 0 amide bonds. The molecule has 50 valence electrons. The average molecular weight is 129 g/mol. The number of hydrogen-bond donors (Lipinski definition) is 2. The predicted octanol–water partition coefficient (Wildman–Crippen LogP) is -1.41. The van der Waals surface area contributed by atoms with Crippen LogP contribution in [0.25, 0.3) is 0 Å². The smallest absolute Gasteiger partial charge is 0.319 e. The van der Waals surface area contributed by atoms with E-state index >= 15 is 0 Å². The number of carbonyl (C=O) groups excluding carboxylic acids is 1. The lowest BCUT2D eigenvalue weighted by Crippen LogP contribution is -2.36. The van der Waals surface area contributed by atoms with Crippen LogP contribution in [-0.4, -0.2) is 30.7 Å². The van der Waals surface area contributed by atoms with Crippen LogP contribution in [-0.2, 0) is 9.59 Å². The van der Waals surface area contributed by atoms with E-state index in [1.807, 2.05) is 0 Å². The summed E-state index contributed by atoms with van der Waals surface area (Å²) in [5.74, 6) is -0.947. The van der Waals surface area contributed by atoms with Gasteiger partial charge in [-0.1, -0.05) is 0 Å². The third kappa shape index (κ3) is 3.72. The van der Waals surface area contributed by atoms with E-state index in [1.165, 1.54) is 6.92 Å². The minimum atomic E-state index is -0.947. The molecule has 0 bridgehead atoms. The van der Waals surface area contributed by atoms with E-state index < -0.39 is 12.0 Å². The van der Waals surface area contributed by atoms with Gasteiger partial charge >= 0.3 is 5.97 Å². The molecule has 0 saturated carbocycles. The molecule has 0 aliphatic carbocycles. The summed E-state index contributed by atoms with van der Waals surface area (Å²) < 4.78 is 0. The Morgan fingerprint density at radius 2 is 2.44 bits per heavy atom. The second-order valence-corrected chi connectivity index (χ2v) is 1.63. The summed E-state index contributed by atoms with van der Waals surface area (Å²) in [5, 5.41) is 10.7. The summed E-state index contributed by atoms with van der Waals surface area (Å²) in [4.78, 5) is 19.7. The van der Waals surface area contributed by atoms with Gasteiger partial charge in [-0.2, -0.15) is 0 Å². The van der Waals surface area contributed by atoms with Crippen molar-refractivity contribution in [2.24, 2.45) is 0 Å². The molecule has 0 unspecified atom stereocenters. The first-order chi connectivity index (χ1) is 4.18. The molecular weight excluding hydrogens is 121 g/mol. The summed E-state index contributed by atoms with van der Waals surface area (Å²) in [7, 11) is 0.0907. The van der Waals surface area contributed by atoms with Crippen molar-refractivity contribution in [2.45, 2.75) is 13.0 Å². The zero-order valence-corrected chi connectivity index (χ0v) is 5.13. The number of carbonyl (C=O) groups is 2. The monoisotopic (exact) mass is 129 g/mol. The lowest BCUT2D eigenvalue weighted by molar-refractivity contribution is -0.138. The number of nitrogens with one attached hydrogen (secondary N) is 1. The maximum atomic E-state index is 10.0. The van der Waals surface area contributed by atoms with Gasteiger partial charge in [0.2, 0.25) is 0 Å². The van der Waals surface area contributed by atoms with Crippen LogP contribution in [0.4, 0.5) is 0 Å². The minimum Gasteiger partial charge on any atom is -0.480 e. The zero-order valence-electron chi connectivity index (χ0n) is 5.13. The third-order valence-electron chi connectivity index (χ3n) is 0.878. The Labute approximate surface area is 53.5 Å². The van der Waals surface area contributed by atoms with E-state index in [-0.39, 0.29) is 7.41 Å². The highest BCUT2D eigenvalue weighted by molar-refractivity contribution is 6.64. The molecule has 0 rings (SSSR count). The Balaban J connectivity index is 3.37. The van der Waals surface area contributed by atoms with Gasteiger partial charge in [-0.25, -0.2) is 0 Å². The number of rotatable bonds is 4. The Morgan fingerprint density at radius 1 is 1.89 bits per heavy atom. The second kappa shape index (κ2) is 4.08. The quantitative estimate of drug-likeness (QED) is 0.361. The topological polar surface area (TPSA) is 66.4 Å². The second-order valence-electron chi connectivity index (χ2n) is 1.63. The van der Waals surface area contributed by atoms with Gasteiger partial charge in [0.25, 0.3) is 7.41 Å². The van der Waals surface area contributed by atoms with Gasteiger partial charge in [0, 0.05) is 0 Å². The van der Waals surface area contributed by atoms with Crippen molar-refractivity contribution in [1.82, 2.24) is 5.23 Å². The van der Waals surface area contributed by atoms with E-state index in [0.717, 1.165) is 0 Å². The minimum absolute atomic E-state index is 0.0907. The van der Waals surface area contributed by atoms with Crippen molar-refractivity contribution >= 4 is 19.6 Å². The summed E-state index contributed by atoms with van der Waals surface area (Å²) in [6, 6.07) is -0.643. The van der Waals surface area contributed by atoms with Crippen molar-refractivity contribution in [1.29, 1.82) is 0 Å². The van der Waals surface area contributed by atoms with Crippen LogP contribution < -0.4 is 5.23 Å². The lowest BCUT2D eigenvalue weighted by atomic mass is 9.97. The van der Waals surface area contributed by atoms with Crippen molar-refractivity contribution < 1.29 is 14.7 Å². The highest BCUT2D eigenvalue weighted by Gasteiger charge is 2.07. The summed E-state index contributed by atoms with van der Waals surface area (Å²) in [6.45, 7) is 1.48. The van der Waals surface area contributed by atoms with Crippen LogP contribution in [0.5, 0.6) is 0 Å². The highest BCUT2D eigenvalue weighted by Crippen LogP contribution is 1.75. The summed E-state index contributed by atoms with van der Waals surface area (Å²) in [5.41, 5.74) is 0. The third-order valence-corrected chi connectivity index (χ3v) is 0.878. The Hall–Kier alpha value is -0.835. The fraction of sp³-hybridized carbons (Fsp3) is 0.500. The molecule has 0 saturated heterocycles. The van der Waals surface area contributed by atoms with Gasteiger partial charge in [-0.3, -0.25) is 4.79 Å². The molecule has 5 heteroatoms. The van der Waals surface area contributed by atoms with Gasteiger partial charge in [0.15, 0.2) is 0 Å². The fourth-order valence-electron chi connectivity index (χ4n) is 0.312. The first-order valence-corrected chi connectivity index (χ1v) is 2.58. The van der Waals surface area contributed by atoms with Gasteiger partial charge in [-0.15, -0.1) is 0 Å². The van der Waals surface area contributed by atoms with Gasteiger partial charge < -0.3 is 15.1 Å². The molecule has 0 aliphatic rings. The van der Waals surface area contributed by atoms with Gasteiger partial charge in [0.1, 0.15) is 0 Å². The van der Waals surface area contributed by atoms with E-state index in [2.05, 4.69) is 5.23 Å². The number of carboxylic acids is 1. The van der Waals surface area contributed by atoms with Crippen molar-refractivity contribution in [3.63, 3.8) is 0 Å². The number of hydrogen-bond acceptors (Lipinski definition) is 3. The van der Waals surface area contributed by atoms with Crippen LogP contribution in [0.15, 0.2) is 0 Å². The van der Waals surface area contributed by atoms with Crippen LogP contribution >= 0.6 is 0 Å². The molecule has 4 nitrogen and oxygen atoms in total. The molecule has 0 radical (unpaired) electrons. The van der Waals surface area contributed by atoms with E-state index in [0.29, 0.717) is 6.19 Å². The molecule has 0 aromatic carbocycles. The molecule has 9 heavy (non-hydrogen) atoms. The Bertz CT molecular complexity index is 116. The first kappa shape index (κ1) is 8.16. The van der Waals surface area contributed by atoms with E-state index in [4.69, 9.17) is 5.11 Å². The van der Waals surface area contributed by atoms with Crippen LogP contribution in [0.2, 0.25) is 0 Å². The fourth-order valence-corrected chi connectivity index (χ4v) is 0.312. The van der Waals surface area contributed by atoms with Gasteiger partial charge in [0.05, 0.1) is 12.2 Å². The van der Waals surface area contributed by atoms with Crippen molar-refractivity contribution in [3.8, 4) is 0 Å². The standard InChI is InChI=1S/C4H8BNO3/c1-3(4(8)9)6-5-2-7/h2-3,5-6H,1H3,(H,8,9)/t3-/m0/s1. The SMILES string of the molecule is C[C@H](NBC=O)C(=O)O. The van der Waals surface area contributed by atoms with Crippen LogP contribution in [0.1, 0.15) is 6.92 Å². The Kier molecular flexibility index (Phi) is 3.71. The normalized spacial score (nSPS) is 12.1. The highest BCUT2D eigenvalue weighted by atomic mass is 16.4. The molecule has 0 aromatic heterocycles. The molecule has 0 spiro atoms. The predicted molar refractivity (Wildman–Crippen MR) is 34.1 cm³/mol. The van der Waals surface area contributed by atoms with Crippen LogP contribution in [0, 0.1) is 0 Å². The number of carboxylic acid groups (broad SMARTS) is 1. The van der Waals surface area contributed by atoms with E-state index in [1.54, 1.807) is 0 Å². The van der Waals surface area contributed by atoms with Crippen molar-refractivity contribution in [3.05, 3.63) is 0 Å². The van der Waals surface area contributed by atoms with Crippen molar-refractivity contribution in [2.75, 3.05) is 0 Å². The lowest BCUT2D eigenvalue weighted by Gasteiger charge is -2.02. The maximum absolute atomic E-state index is 10.0. The zero-order chi connectivity index (χ0) is 7.28. The molecule has 0 heterocycles. The largest absolute Gasteiger partial charge is 0.480 e. The average Bonchev–Trinajstić information content (AvgIpc) is 1.82. The summed E-state index contributed by atoms with van der Waals surface area (Å²) in [6.07, 6.45) is 0.624. The molecule has 1 atom stereocenters. The Morgan fingerprint density at radius 3 is 2.78 bits per heavy atom. The summed E-state index contributed by atoms with van der Waals surface area (Å²) >= 11 is 0. The molecule has 2 N–H and O–H groups in total. The number of aliphatic carboxylic acids is 1. The van der Waals surface area contributed by atoms with Gasteiger partial charge in [-0.05, 0) is 6.92 Å².